The first kappa shape index (κ1) is 34.5. The van der Waals surface area contributed by atoms with Gasteiger partial charge in [-0.15, -0.1) is 0 Å². The topological polar surface area (TPSA) is 73.4 Å². The molecule has 5 nitrogen and oxygen atoms in total. The molecule has 0 radical (unpaired) electrons. The third-order valence-corrected chi connectivity index (χ3v) is 16.4. The van der Waals surface area contributed by atoms with E-state index in [1.807, 2.05) is 12.1 Å². The molecule has 1 heterocycles. The van der Waals surface area contributed by atoms with Crippen molar-refractivity contribution in [3.63, 3.8) is 0 Å². The van der Waals surface area contributed by atoms with E-state index in [2.05, 4.69) is 70.1 Å². The van der Waals surface area contributed by atoms with Crippen LogP contribution in [0.2, 0.25) is 0 Å². The normalized spacial score (nSPS) is 43.0. The minimum atomic E-state index is -0.853. The maximum Gasteiger partial charge on any atom is 0.335 e. The van der Waals surface area contributed by atoms with Gasteiger partial charge in [-0.25, -0.2) is 4.79 Å². The number of carbonyl (C=O) groups is 1. The zero-order chi connectivity index (χ0) is 34.1. The highest BCUT2D eigenvalue weighted by atomic mass is 16.4. The average Bonchev–Trinajstić information content (AvgIpc) is 3.70. The average molecular weight is 656 g/mol. The first-order valence-corrected chi connectivity index (χ1v) is 19.7. The van der Waals surface area contributed by atoms with E-state index in [4.69, 9.17) is 0 Å². The van der Waals surface area contributed by atoms with E-state index in [0.717, 1.165) is 37.9 Å². The molecule has 5 fully saturated rings. The summed E-state index contributed by atoms with van der Waals surface area (Å²) >= 11 is 0. The molecule has 0 spiro atoms. The van der Waals surface area contributed by atoms with Crippen LogP contribution in [0, 0.1) is 51.2 Å². The molecule has 10 atom stereocenters. The number of nitrogens with one attached hydrogen (secondary N) is 3. The predicted octanol–water partition coefficient (Wildman–Crippen LogP) is 8.72. The zero-order valence-electron chi connectivity index (χ0n) is 31.0. The smallest absolute Gasteiger partial charge is 0.335 e. The van der Waals surface area contributed by atoms with Crippen molar-refractivity contribution < 1.29 is 9.90 Å². The van der Waals surface area contributed by atoms with Gasteiger partial charge in [0.2, 0.25) is 0 Å². The third kappa shape index (κ3) is 5.22. The molecule has 4 N–H and O–H groups in total. The molecule has 7 rings (SSSR count). The molecule has 48 heavy (non-hydrogen) atoms. The maximum absolute atomic E-state index is 11.6. The van der Waals surface area contributed by atoms with E-state index < -0.39 is 5.97 Å². The lowest BCUT2D eigenvalue weighted by atomic mass is 9.33. The van der Waals surface area contributed by atoms with Crippen molar-refractivity contribution in [2.45, 2.75) is 124 Å². The molecular formula is C43H65N3O2. The van der Waals surface area contributed by atoms with Crippen LogP contribution in [-0.4, -0.2) is 48.8 Å². The van der Waals surface area contributed by atoms with Crippen LogP contribution >= 0.6 is 0 Å². The number of carboxylic acid groups (broad SMARTS) is 1. The van der Waals surface area contributed by atoms with E-state index >= 15 is 0 Å². The van der Waals surface area contributed by atoms with Gasteiger partial charge in [-0.05, 0) is 159 Å². The summed E-state index contributed by atoms with van der Waals surface area (Å²) in [5.74, 6) is 2.56. The van der Waals surface area contributed by atoms with Crippen molar-refractivity contribution in [1.82, 2.24) is 16.0 Å². The Kier molecular flexibility index (Phi) is 8.89. The number of carboxylic acids is 1. The molecule has 0 bridgehead atoms. The summed E-state index contributed by atoms with van der Waals surface area (Å²) in [4.78, 5) is 11.6. The van der Waals surface area contributed by atoms with E-state index in [9.17, 15) is 9.90 Å². The van der Waals surface area contributed by atoms with Gasteiger partial charge < -0.3 is 21.1 Å². The van der Waals surface area contributed by atoms with E-state index in [1.165, 1.54) is 87.5 Å². The fourth-order valence-corrected chi connectivity index (χ4v) is 13.9. The second kappa shape index (κ2) is 12.4. The Bertz CT molecular complexity index is 1430. The molecule has 5 heteroatoms. The van der Waals surface area contributed by atoms with Gasteiger partial charge in [0.05, 0.1) is 5.56 Å². The fraction of sp³-hybridized carbons (Fsp3) is 0.744. The molecule has 0 unspecified atom stereocenters. The lowest BCUT2D eigenvalue weighted by molar-refractivity contribution is -0.219. The van der Waals surface area contributed by atoms with Gasteiger partial charge in [-0.2, -0.15) is 0 Å². The van der Waals surface area contributed by atoms with Crippen LogP contribution in [0.5, 0.6) is 0 Å². The van der Waals surface area contributed by atoms with Gasteiger partial charge in [0, 0.05) is 31.2 Å². The summed E-state index contributed by atoms with van der Waals surface area (Å²) in [6.45, 7) is 24.5. The first-order chi connectivity index (χ1) is 22.8. The quantitative estimate of drug-likeness (QED) is 0.158. The van der Waals surface area contributed by atoms with Crippen molar-refractivity contribution in [1.29, 1.82) is 0 Å². The lowest BCUT2D eigenvalue weighted by Crippen LogP contribution is -2.68. The summed E-state index contributed by atoms with van der Waals surface area (Å²) in [6, 6.07) is 8.31. The van der Waals surface area contributed by atoms with Gasteiger partial charge in [0.1, 0.15) is 0 Å². The minimum Gasteiger partial charge on any atom is -0.478 e. The van der Waals surface area contributed by atoms with Crippen LogP contribution in [0.15, 0.2) is 42.5 Å². The summed E-state index contributed by atoms with van der Waals surface area (Å²) in [6.07, 6.45) is 16.9. The third-order valence-electron chi connectivity index (χ3n) is 16.4. The molecule has 0 amide bonds. The van der Waals surface area contributed by atoms with Gasteiger partial charge >= 0.3 is 5.97 Å². The summed E-state index contributed by atoms with van der Waals surface area (Å²) in [5.41, 5.74) is 5.64. The highest BCUT2D eigenvalue weighted by Gasteiger charge is 2.70. The molecule has 1 aliphatic heterocycles. The fourth-order valence-electron chi connectivity index (χ4n) is 13.9. The number of hydrogen-bond acceptors (Lipinski definition) is 4. The number of allylic oxidation sites excluding steroid dienone is 3. The van der Waals surface area contributed by atoms with E-state index in [0.29, 0.717) is 40.2 Å². The summed E-state index contributed by atoms with van der Waals surface area (Å²) < 4.78 is 0. The van der Waals surface area contributed by atoms with Gasteiger partial charge in [0.15, 0.2) is 0 Å². The van der Waals surface area contributed by atoms with Crippen LogP contribution in [-0.2, 0) is 0 Å². The van der Waals surface area contributed by atoms with Crippen LogP contribution in [0.25, 0.3) is 5.57 Å². The predicted molar refractivity (Wildman–Crippen MR) is 198 cm³/mol. The zero-order valence-corrected chi connectivity index (χ0v) is 31.0. The van der Waals surface area contributed by atoms with Crippen LogP contribution in [0.3, 0.4) is 0 Å². The highest BCUT2D eigenvalue weighted by molar-refractivity contribution is 5.88. The van der Waals surface area contributed by atoms with Gasteiger partial charge in [-0.1, -0.05) is 65.0 Å². The van der Waals surface area contributed by atoms with Gasteiger partial charge in [-0.3, -0.25) is 0 Å². The number of rotatable bonds is 9. The molecule has 1 saturated heterocycles. The van der Waals surface area contributed by atoms with Crippen molar-refractivity contribution >= 4 is 11.5 Å². The van der Waals surface area contributed by atoms with Crippen molar-refractivity contribution in [3.05, 3.63) is 53.6 Å². The van der Waals surface area contributed by atoms with Gasteiger partial charge in [0.25, 0.3) is 0 Å². The Morgan fingerprint density at radius 3 is 2.38 bits per heavy atom. The molecule has 6 aliphatic rings. The van der Waals surface area contributed by atoms with Crippen LogP contribution in [0.4, 0.5) is 0 Å². The lowest BCUT2D eigenvalue weighted by Gasteiger charge is -2.72. The number of fused-ring (bicyclic) bond motifs is 7. The molecule has 264 valence electrons. The second-order valence-electron chi connectivity index (χ2n) is 18.7. The number of benzene rings is 1. The van der Waals surface area contributed by atoms with E-state index in [1.54, 1.807) is 12.1 Å². The Balaban J connectivity index is 1.13. The minimum absolute atomic E-state index is 0.0425. The maximum atomic E-state index is 11.6. The molecule has 1 aromatic rings. The molecule has 4 saturated carbocycles. The Labute approximate surface area is 291 Å². The highest BCUT2D eigenvalue weighted by Crippen LogP contribution is 2.76. The van der Waals surface area contributed by atoms with Crippen molar-refractivity contribution in [3.8, 4) is 0 Å². The number of aromatic carboxylic acids is 1. The van der Waals surface area contributed by atoms with Crippen LogP contribution < -0.4 is 16.0 Å². The Hall–Kier alpha value is -1.95. The summed E-state index contributed by atoms with van der Waals surface area (Å²) in [5, 5.41) is 21.2. The Morgan fingerprint density at radius 1 is 0.917 bits per heavy atom. The number of hydrogen-bond donors (Lipinski definition) is 4. The first-order valence-electron chi connectivity index (χ1n) is 19.7. The Morgan fingerprint density at radius 2 is 1.69 bits per heavy atom. The molecule has 1 aromatic carbocycles. The second-order valence-corrected chi connectivity index (χ2v) is 18.7. The standard InChI is InChI=1S/C43H65N3O2/c1-28(2)32-16-21-43(46-26-25-44-27-31-9-8-24-45-31)23-22-41(6)34(37(32)43)14-15-36-40(5)19-17-33(29-10-12-30(13-11-29)38(47)48)39(3,4)35(40)18-20-42(36,41)7/h10-13,17,31-32,34-37,44-46H,1,8-9,14-16,18-27H2,2-7H3,(H,47,48)/t31-,32-,34+,35-,36+,37+,40-,41+,42+,43-/m0/s1. The van der Waals surface area contributed by atoms with E-state index in [-0.39, 0.29) is 16.4 Å². The van der Waals surface area contributed by atoms with Crippen LogP contribution in [0.1, 0.15) is 128 Å². The molecule has 5 aliphatic carbocycles. The molecular weight excluding hydrogens is 590 g/mol. The van der Waals surface area contributed by atoms with Crippen molar-refractivity contribution in [2.75, 3.05) is 26.2 Å². The SMILES string of the molecule is C=C(C)[C@@H]1CC[C@]2(NCCNC[C@@H]3CCCN3)CC[C@]3(C)[C@H](CC[C@@H]4[C@@]5(C)CC=C(c6ccc(C(=O)O)cc6)C(C)(C)[C@@H]5CC[C@]43C)[C@@H]12. The summed E-state index contributed by atoms with van der Waals surface area (Å²) in [7, 11) is 0. The largest absolute Gasteiger partial charge is 0.478 e. The molecule has 0 aromatic heterocycles. The monoisotopic (exact) mass is 656 g/mol. The van der Waals surface area contributed by atoms with Crippen molar-refractivity contribution in [2.24, 2.45) is 51.2 Å².